The van der Waals surface area contributed by atoms with Crippen LogP contribution in [0.2, 0.25) is 0 Å². The summed E-state index contributed by atoms with van der Waals surface area (Å²) < 4.78 is 0. The molecule has 0 amide bonds. The monoisotopic (exact) mass is 258 g/mol. The number of fused-ring (bicyclic) bond motifs is 1. The van der Waals surface area contributed by atoms with Crippen LogP contribution in [0.25, 0.3) is 0 Å². The minimum atomic E-state index is 0.442. The number of rotatable bonds is 1. The largest absolute Gasteiger partial charge is 0.399 e. The smallest absolute Gasteiger partial charge is 0.0354 e. The Kier molecular flexibility index (Phi) is 3.09. The molecule has 0 aromatic heterocycles. The molecule has 0 saturated carbocycles. The van der Waals surface area contributed by atoms with Crippen molar-refractivity contribution in [3.63, 3.8) is 0 Å². The van der Waals surface area contributed by atoms with Crippen LogP contribution in [0.3, 0.4) is 0 Å². The van der Waals surface area contributed by atoms with E-state index < -0.39 is 0 Å². The van der Waals surface area contributed by atoms with E-state index in [4.69, 9.17) is 5.73 Å². The van der Waals surface area contributed by atoms with Crippen LogP contribution < -0.4 is 5.73 Å². The molecule has 2 N–H and O–H groups in total. The van der Waals surface area contributed by atoms with Crippen molar-refractivity contribution < 1.29 is 0 Å². The van der Waals surface area contributed by atoms with Crippen LogP contribution in [0, 0.1) is 11.3 Å². The normalized spacial score (nSPS) is 27.7. The summed E-state index contributed by atoms with van der Waals surface area (Å²) in [6.45, 7) is 9.66. The van der Waals surface area contributed by atoms with Gasteiger partial charge in [-0.1, -0.05) is 26.8 Å². The van der Waals surface area contributed by atoms with Gasteiger partial charge >= 0.3 is 0 Å². The molecule has 1 saturated heterocycles. The zero-order valence-electron chi connectivity index (χ0n) is 12.4. The highest BCUT2D eigenvalue weighted by Gasteiger charge is 2.37. The van der Waals surface area contributed by atoms with Gasteiger partial charge in [-0.15, -0.1) is 0 Å². The maximum atomic E-state index is 5.90. The molecule has 0 radical (unpaired) electrons. The van der Waals surface area contributed by atoms with Crippen molar-refractivity contribution in [2.75, 3.05) is 18.8 Å². The predicted octanol–water partition coefficient (Wildman–Crippen LogP) is 3.62. The van der Waals surface area contributed by atoms with Crippen molar-refractivity contribution in [1.82, 2.24) is 4.90 Å². The molecule has 1 aliphatic heterocycles. The van der Waals surface area contributed by atoms with Gasteiger partial charge in [-0.25, -0.2) is 0 Å². The number of nitrogen functional groups attached to an aromatic ring is 1. The van der Waals surface area contributed by atoms with Crippen LogP contribution in [0.15, 0.2) is 18.2 Å². The summed E-state index contributed by atoms with van der Waals surface area (Å²) in [6, 6.07) is 7.14. The molecular formula is C17H26N2. The number of hydrogen-bond acceptors (Lipinski definition) is 2. The summed E-state index contributed by atoms with van der Waals surface area (Å²) in [6.07, 6.45) is 3.82. The molecular weight excluding hydrogens is 232 g/mol. The van der Waals surface area contributed by atoms with Crippen molar-refractivity contribution >= 4 is 5.69 Å². The average Bonchev–Trinajstić information content (AvgIpc) is 2.91. The lowest BCUT2D eigenvalue weighted by molar-refractivity contribution is 0.194. The highest BCUT2D eigenvalue weighted by Crippen LogP contribution is 2.42. The maximum absolute atomic E-state index is 5.90. The van der Waals surface area contributed by atoms with Crippen molar-refractivity contribution in [3.05, 3.63) is 29.3 Å². The van der Waals surface area contributed by atoms with Crippen LogP contribution in [-0.2, 0) is 6.42 Å². The summed E-state index contributed by atoms with van der Waals surface area (Å²) in [7, 11) is 0. The summed E-state index contributed by atoms with van der Waals surface area (Å²) in [5, 5.41) is 0. The molecule has 1 heterocycles. The molecule has 104 valence electrons. The van der Waals surface area contributed by atoms with E-state index in [2.05, 4.69) is 43.9 Å². The lowest BCUT2D eigenvalue weighted by Crippen LogP contribution is -2.28. The van der Waals surface area contributed by atoms with Crippen molar-refractivity contribution in [3.8, 4) is 0 Å². The maximum Gasteiger partial charge on any atom is 0.0354 e. The fraction of sp³-hybridized carbons (Fsp3) is 0.647. The van der Waals surface area contributed by atoms with Gasteiger partial charge in [0.1, 0.15) is 0 Å². The average molecular weight is 258 g/mol. The lowest BCUT2D eigenvalue weighted by Gasteiger charge is -2.29. The Labute approximate surface area is 117 Å². The van der Waals surface area contributed by atoms with E-state index in [1.807, 2.05) is 0 Å². The van der Waals surface area contributed by atoms with Gasteiger partial charge in [0.05, 0.1) is 0 Å². The number of aryl methyl sites for hydroxylation is 1. The Hall–Kier alpha value is -1.02. The molecule has 1 aromatic carbocycles. The quantitative estimate of drug-likeness (QED) is 0.779. The second-order valence-corrected chi connectivity index (χ2v) is 7.36. The first-order valence-electron chi connectivity index (χ1n) is 7.57. The van der Waals surface area contributed by atoms with Gasteiger partial charge in [-0.2, -0.15) is 0 Å². The number of benzene rings is 1. The first-order chi connectivity index (χ1) is 8.95. The van der Waals surface area contributed by atoms with E-state index in [9.17, 15) is 0 Å². The fourth-order valence-electron chi connectivity index (χ4n) is 3.77. The Bertz CT molecular complexity index is 473. The highest BCUT2D eigenvalue weighted by atomic mass is 15.2. The van der Waals surface area contributed by atoms with E-state index in [0.29, 0.717) is 11.5 Å². The van der Waals surface area contributed by atoms with Gasteiger partial charge in [0.2, 0.25) is 0 Å². The Morgan fingerprint density at radius 1 is 1.21 bits per heavy atom. The minimum Gasteiger partial charge on any atom is -0.399 e. The number of nitrogens with zero attached hydrogens (tertiary/aromatic N) is 1. The molecule has 2 atom stereocenters. The van der Waals surface area contributed by atoms with Crippen molar-refractivity contribution in [1.29, 1.82) is 0 Å². The molecule has 1 fully saturated rings. The molecule has 2 heteroatoms. The van der Waals surface area contributed by atoms with Crippen LogP contribution >= 0.6 is 0 Å². The van der Waals surface area contributed by atoms with E-state index >= 15 is 0 Å². The second kappa shape index (κ2) is 4.52. The van der Waals surface area contributed by atoms with E-state index in [1.54, 1.807) is 0 Å². The Morgan fingerprint density at radius 2 is 2.00 bits per heavy atom. The van der Waals surface area contributed by atoms with Crippen molar-refractivity contribution in [2.24, 2.45) is 11.3 Å². The number of likely N-dealkylation sites (tertiary alicyclic amines) is 1. The van der Waals surface area contributed by atoms with Crippen LogP contribution in [-0.4, -0.2) is 18.0 Å². The topological polar surface area (TPSA) is 29.3 Å². The van der Waals surface area contributed by atoms with Crippen molar-refractivity contribution in [2.45, 2.75) is 46.1 Å². The number of nitrogens with two attached hydrogens (primary N) is 1. The van der Waals surface area contributed by atoms with Gasteiger partial charge in [0, 0.05) is 18.3 Å². The standard InChI is InChI=1S/C17H26N2/c1-17(2,3)13-8-9-19(11-13)16-7-4-12-10-14(18)5-6-15(12)16/h5-6,10,13,16H,4,7-9,11,18H2,1-3H3. The summed E-state index contributed by atoms with van der Waals surface area (Å²) in [4.78, 5) is 2.71. The fourth-order valence-corrected chi connectivity index (χ4v) is 3.77. The van der Waals surface area contributed by atoms with E-state index in [0.717, 1.165) is 11.6 Å². The van der Waals surface area contributed by atoms with Gasteiger partial charge in [-0.05, 0) is 60.4 Å². The Morgan fingerprint density at radius 3 is 2.68 bits per heavy atom. The third kappa shape index (κ3) is 2.38. The third-order valence-electron chi connectivity index (χ3n) is 5.10. The predicted molar refractivity (Wildman–Crippen MR) is 81.1 cm³/mol. The van der Waals surface area contributed by atoms with Gasteiger partial charge in [0.15, 0.2) is 0 Å². The molecule has 1 aromatic rings. The van der Waals surface area contributed by atoms with Gasteiger partial charge in [-0.3, -0.25) is 4.90 Å². The van der Waals surface area contributed by atoms with Gasteiger partial charge in [0.25, 0.3) is 0 Å². The third-order valence-corrected chi connectivity index (χ3v) is 5.10. The summed E-state index contributed by atoms with van der Waals surface area (Å²) >= 11 is 0. The first-order valence-corrected chi connectivity index (χ1v) is 7.57. The molecule has 2 nitrogen and oxygen atoms in total. The lowest BCUT2D eigenvalue weighted by atomic mass is 9.80. The zero-order valence-corrected chi connectivity index (χ0v) is 12.4. The molecule has 3 rings (SSSR count). The van der Waals surface area contributed by atoms with E-state index in [1.165, 1.54) is 43.5 Å². The molecule has 0 bridgehead atoms. The number of anilines is 1. The first kappa shape index (κ1) is 13.0. The number of hydrogen-bond donors (Lipinski definition) is 1. The van der Waals surface area contributed by atoms with Crippen LogP contribution in [0.1, 0.15) is 50.8 Å². The van der Waals surface area contributed by atoms with E-state index in [-0.39, 0.29) is 0 Å². The molecule has 2 aliphatic rings. The summed E-state index contributed by atoms with van der Waals surface area (Å²) in [5.41, 5.74) is 10.3. The molecule has 19 heavy (non-hydrogen) atoms. The zero-order chi connectivity index (χ0) is 13.6. The van der Waals surface area contributed by atoms with Crippen LogP contribution in [0.5, 0.6) is 0 Å². The SMILES string of the molecule is CC(C)(C)C1CCN(C2CCc3cc(N)ccc32)C1. The van der Waals surface area contributed by atoms with Gasteiger partial charge < -0.3 is 5.73 Å². The second-order valence-electron chi connectivity index (χ2n) is 7.36. The molecule has 1 aliphatic carbocycles. The summed E-state index contributed by atoms with van der Waals surface area (Å²) in [5.74, 6) is 0.838. The Balaban J connectivity index is 1.77. The van der Waals surface area contributed by atoms with Crippen LogP contribution in [0.4, 0.5) is 5.69 Å². The molecule has 2 unspecified atom stereocenters. The minimum absolute atomic E-state index is 0.442. The molecule has 0 spiro atoms. The highest BCUT2D eigenvalue weighted by molar-refractivity contribution is 5.47.